The van der Waals surface area contributed by atoms with Gasteiger partial charge >= 0.3 is 0 Å². The van der Waals surface area contributed by atoms with Gasteiger partial charge in [-0.05, 0) is 57.6 Å². The average molecular weight is 485 g/mol. The molecule has 2 aliphatic heterocycles. The third-order valence-electron chi connectivity index (χ3n) is 7.72. The first kappa shape index (κ1) is 27.3. The van der Waals surface area contributed by atoms with Crippen LogP contribution in [0.4, 0.5) is 0 Å². The van der Waals surface area contributed by atoms with Crippen molar-refractivity contribution in [2.24, 2.45) is 17.6 Å². The van der Waals surface area contributed by atoms with Crippen LogP contribution < -0.4 is 5.73 Å². The molecule has 7 nitrogen and oxygen atoms in total. The molecule has 4 rings (SSSR count). The standard InChI is InChI=1S/C21H33N5.C7H13NO.H2/c1-16(2)21(23)26(17(3)22)24-14-19-11-12-20(15-24)25(19)13-7-10-18-8-5-4-6-9-18;8-7(9)6-4-2-1-3-5-6;/h4-6,8-9,16,19-20,22-23H,7,10-15H2,1-3H3;6H,1-5H2,(H2,8,9);1H/t19-,20?;;/m1../s1. The van der Waals surface area contributed by atoms with E-state index in [1.807, 2.05) is 18.9 Å². The lowest BCUT2D eigenvalue weighted by molar-refractivity contribution is -0.122. The fraction of sp³-hybridized carbons (Fsp3) is 0.679. The van der Waals surface area contributed by atoms with Crippen LogP contribution in [0.1, 0.15) is 79.1 Å². The summed E-state index contributed by atoms with van der Waals surface area (Å²) in [5, 5.41) is 20.7. The molecule has 1 aromatic carbocycles. The number of amidine groups is 2. The fourth-order valence-corrected chi connectivity index (χ4v) is 5.78. The third-order valence-corrected chi connectivity index (χ3v) is 7.72. The van der Waals surface area contributed by atoms with Crippen molar-refractivity contribution in [3.05, 3.63) is 35.9 Å². The molecule has 2 bridgehead atoms. The lowest BCUT2D eigenvalue weighted by Crippen LogP contribution is -2.61. The van der Waals surface area contributed by atoms with E-state index in [0.717, 1.165) is 38.9 Å². The smallest absolute Gasteiger partial charge is 0.220 e. The topological polar surface area (TPSA) is 101 Å². The molecule has 2 atom stereocenters. The molecule has 1 amide bonds. The highest BCUT2D eigenvalue weighted by Crippen LogP contribution is 2.31. The third kappa shape index (κ3) is 7.61. The van der Waals surface area contributed by atoms with Crippen molar-refractivity contribution in [2.45, 2.75) is 90.6 Å². The summed E-state index contributed by atoms with van der Waals surface area (Å²) >= 11 is 0. The average Bonchev–Trinajstić information content (AvgIpc) is 3.07. The Bertz CT molecular complexity index is 828. The van der Waals surface area contributed by atoms with Gasteiger partial charge in [-0.1, -0.05) is 63.4 Å². The largest absolute Gasteiger partial charge is 0.369 e. The van der Waals surface area contributed by atoms with Gasteiger partial charge in [0.05, 0.1) is 0 Å². The zero-order valence-corrected chi connectivity index (χ0v) is 22.0. The number of amides is 1. The molecule has 2 saturated heterocycles. The van der Waals surface area contributed by atoms with Crippen LogP contribution in [-0.4, -0.2) is 64.2 Å². The summed E-state index contributed by atoms with van der Waals surface area (Å²) in [5.74, 6) is 1.22. The number of nitrogens with two attached hydrogens (primary N) is 1. The number of hydrogen-bond acceptors (Lipinski definition) is 5. The summed E-state index contributed by atoms with van der Waals surface area (Å²) in [6.45, 7) is 8.90. The van der Waals surface area contributed by atoms with Gasteiger partial charge in [0.2, 0.25) is 5.91 Å². The lowest BCUT2D eigenvalue weighted by atomic mass is 9.89. The van der Waals surface area contributed by atoms with Crippen LogP contribution in [0.15, 0.2) is 30.3 Å². The van der Waals surface area contributed by atoms with E-state index in [4.69, 9.17) is 16.6 Å². The molecule has 35 heavy (non-hydrogen) atoms. The van der Waals surface area contributed by atoms with Crippen LogP contribution in [0.5, 0.6) is 0 Å². The molecule has 1 unspecified atom stereocenters. The number of piperazine rings is 1. The SMILES string of the molecule is CC(=N)N(C(=N)C(C)C)N1CC2CC[C@H](C1)N2CCCc1ccccc1.NC(=O)C1CCCCC1.[HH]. The van der Waals surface area contributed by atoms with Crippen LogP contribution in [0.2, 0.25) is 0 Å². The Morgan fingerprint density at radius 1 is 1.06 bits per heavy atom. The fourth-order valence-electron chi connectivity index (χ4n) is 5.78. The maximum atomic E-state index is 10.6. The monoisotopic (exact) mass is 484 g/mol. The molecule has 1 aromatic rings. The number of aryl methyl sites for hydroxylation is 1. The minimum absolute atomic E-state index is 0. The molecular formula is C28H48N6O. The van der Waals surface area contributed by atoms with Crippen molar-refractivity contribution in [3.8, 4) is 0 Å². The highest BCUT2D eigenvalue weighted by atomic mass is 16.1. The minimum Gasteiger partial charge on any atom is -0.369 e. The van der Waals surface area contributed by atoms with Gasteiger partial charge in [0.1, 0.15) is 11.7 Å². The van der Waals surface area contributed by atoms with E-state index >= 15 is 0 Å². The summed E-state index contributed by atoms with van der Waals surface area (Å²) in [7, 11) is 0. The van der Waals surface area contributed by atoms with E-state index in [1.54, 1.807) is 6.92 Å². The molecule has 7 heteroatoms. The number of nitrogens with one attached hydrogen (secondary N) is 2. The Kier molecular flexibility index (Phi) is 10.3. The van der Waals surface area contributed by atoms with E-state index < -0.39 is 0 Å². The zero-order chi connectivity index (χ0) is 25.4. The summed E-state index contributed by atoms with van der Waals surface area (Å²) in [5.41, 5.74) is 6.55. The molecule has 0 spiro atoms. The Hall–Kier alpha value is -2.25. The van der Waals surface area contributed by atoms with Gasteiger partial charge in [0.15, 0.2) is 0 Å². The minimum atomic E-state index is -0.102. The molecule has 1 saturated carbocycles. The molecule has 196 valence electrons. The first-order valence-corrected chi connectivity index (χ1v) is 13.6. The maximum absolute atomic E-state index is 10.6. The van der Waals surface area contributed by atoms with Crippen LogP contribution >= 0.6 is 0 Å². The van der Waals surface area contributed by atoms with Gasteiger partial charge < -0.3 is 5.73 Å². The Morgan fingerprint density at radius 2 is 1.66 bits per heavy atom. The molecule has 4 N–H and O–H groups in total. The van der Waals surface area contributed by atoms with Gasteiger partial charge in [-0.15, -0.1) is 0 Å². The first-order valence-electron chi connectivity index (χ1n) is 13.6. The zero-order valence-electron chi connectivity index (χ0n) is 22.0. The van der Waals surface area contributed by atoms with Crippen LogP contribution in [0, 0.1) is 22.7 Å². The second-order valence-corrected chi connectivity index (χ2v) is 10.8. The van der Waals surface area contributed by atoms with Crippen molar-refractivity contribution in [3.63, 3.8) is 0 Å². The van der Waals surface area contributed by atoms with Crippen molar-refractivity contribution in [2.75, 3.05) is 19.6 Å². The number of fused-ring (bicyclic) bond motifs is 2. The second-order valence-electron chi connectivity index (χ2n) is 10.8. The number of nitrogens with zero attached hydrogens (tertiary/aromatic N) is 3. The van der Waals surface area contributed by atoms with Crippen molar-refractivity contribution < 1.29 is 6.22 Å². The van der Waals surface area contributed by atoms with Gasteiger partial charge in [-0.2, -0.15) is 0 Å². The van der Waals surface area contributed by atoms with Crippen LogP contribution in [0.25, 0.3) is 0 Å². The van der Waals surface area contributed by atoms with E-state index in [2.05, 4.69) is 40.2 Å². The normalized spacial score (nSPS) is 23.0. The number of rotatable bonds is 7. The number of primary amides is 1. The van der Waals surface area contributed by atoms with E-state index in [0.29, 0.717) is 23.8 Å². The van der Waals surface area contributed by atoms with E-state index in [-0.39, 0.29) is 19.2 Å². The highest BCUT2D eigenvalue weighted by molar-refractivity contribution is 5.97. The van der Waals surface area contributed by atoms with Crippen molar-refractivity contribution in [1.29, 1.82) is 10.8 Å². The maximum Gasteiger partial charge on any atom is 0.220 e. The molecule has 3 aliphatic rings. The molecule has 0 radical (unpaired) electrons. The van der Waals surface area contributed by atoms with Gasteiger partial charge in [0, 0.05) is 38.4 Å². The van der Waals surface area contributed by atoms with Gasteiger partial charge in [0.25, 0.3) is 0 Å². The van der Waals surface area contributed by atoms with Crippen LogP contribution in [-0.2, 0) is 11.2 Å². The first-order chi connectivity index (χ1) is 16.8. The summed E-state index contributed by atoms with van der Waals surface area (Å²) in [4.78, 5) is 13.3. The quantitative estimate of drug-likeness (QED) is 0.378. The number of hydrazine groups is 1. The molecule has 0 aromatic heterocycles. The predicted molar refractivity (Wildman–Crippen MR) is 146 cm³/mol. The van der Waals surface area contributed by atoms with Gasteiger partial charge in [-0.3, -0.25) is 20.5 Å². The van der Waals surface area contributed by atoms with Gasteiger partial charge in [-0.25, -0.2) is 10.0 Å². The Labute approximate surface area is 213 Å². The summed E-state index contributed by atoms with van der Waals surface area (Å²) < 4.78 is 0. The second kappa shape index (κ2) is 13.2. The number of carbonyl (C=O) groups is 1. The van der Waals surface area contributed by atoms with Crippen LogP contribution in [0.3, 0.4) is 0 Å². The Balaban J connectivity index is 0.000000386. The van der Waals surface area contributed by atoms with Crippen molar-refractivity contribution in [1.82, 2.24) is 14.9 Å². The molecular weight excluding hydrogens is 436 g/mol. The van der Waals surface area contributed by atoms with E-state index in [1.165, 1.54) is 44.1 Å². The summed E-state index contributed by atoms with van der Waals surface area (Å²) in [6, 6.07) is 11.9. The van der Waals surface area contributed by atoms with E-state index in [9.17, 15) is 4.79 Å². The number of benzene rings is 1. The highest BCUT2D eigenvalue weighted by Gasteiger charge is 2.42. The lowest BCUT2D eigenvalue weighted by Gasteiger charge is -2.46. The number of carbonyl (C=O) groups excluding carboxylic acids is 1. The summed E-state index contributed by atoms with van der Waals surface area (Å²) in [6.07, 6.45) is 10.5. The van der Waals surface area contributed by atoms with Crippen molar-refractivity contribution >= 4 is 17.6 Å². The number of hydrogen-bond donors (Lipinski definition) is 3. The molecule has 3 fully saturated rings. The Morgan fingerprint density at radius 3 is 2.14 bits per heavy atom. The molecule has 2 heterocycles. The predicted octanol–water partition coefficient (Wildman–Crippen LogP) is 4.91. The molecule has 1 aliphatic carbocycles.